The van der Waals surface area contributed by atoms with Crippen LogP contribution in [0.3, 0.4) is 0 Å². The molecule has 5 heteroatoms. The summed E-state index contributed by atoms with van der Waals surface area (Å²) < 4.78 is 2.80. The number of hydrogen-bond acceptors (Lipinski definition) is 5. The molecular formula is C9H16N2S3. The van der Waals surface area contributed by atoms with E-state index < -0.39 is 0 Å². The highest BCUT2D eigenvalue weighted by Crippen LogP contribution is 2.35. The molecule has 3 N–H and O–H groups in total. The zero-order valence-corrected chi connectivity index (χ0v) is 11.0. The third-order valence-electron chi connectivity index (χ3n) is 1.77. The van der Waals surface area contributed by atoms with Crippen LogP contribution in [0.5, 0.6) is 0 Å². The van der Waals surface area contributed by atoms with Crippen molar-refractivity contribution in [3.05, 3.63) is 11.6 Å². The fourth-order valence-corrected chi connectivity index (χ4v) is 3.75. The van der Waals surface area contributed by atoms with Gasteiger partial charge in [0.25, 0.3) is 0 Å². The van der Waals surface area contributed by atoms with E-state index in [0.29, 0.717) is 6.54 Å². The zero-order chi connectivity index (χ0) is 10.4. The second-order valence-electron chi connectivity index (χ2n) is 2.75. The maximum absolute atomic E-state index is 5.43. The van der Waals surface area contributed by atoms with Crippen molar-refractivity contribution in [1.82, 2.24) is 5.32 Å². The van der Waals surface area contributed by atoms with E-state index in [0.717, 1.165) is 13.1 Å². The number of nitrogens with one attached hydrogen (secondary N) is 1. The van der Waals surface area contributed by atoms with Gasteiger partial charge in [0.1, 0.15) is 0 Å². The minimum Gasteiger partial charge on any atom is -0.329 e. The largest absolute Gasteiger partial charge is 0.329 e. The SMILES string of the molecule is CSc1cc(CNCCN)c(SC)s1. The average Bonchev–Trinajstić information content (AvgIpc) is 2.61. The molecule has 0 saturated heterocycles. The second kappa shape index (κ2) is 6.74. The lowest BCUT2D eigenvalue weighted by Gasteiger charge is -2.02. The Kier molecular flexibility index (Phi) is 5.96. The van der Waals surface area contributed by atoms with Crippen molar-refractivity contribution in [1.29, 1.82) is 0 Å². The van der Waals surface area contributed by atoms with Crippen LogP contribution < -0.4 is 11.1 Å². The summed E-state index contributed by atoms with van der Waals surface area (Å²) in [6.07, 6.45) is 4.25. The van der Waals surface area contributed by atoms with Crippen LogP contribution >= 0.6 is 34.9 Å². The summed E-state index contributed by atoms with van der Waals surface area (Å²) in [4.78, 5) is 0. The van der Waals surface area contributed by atoms with E-state index in [1.165, 1.54) is 14.0 Å². The van der Waals surface area contributed by atoms with Crippen LogP contribution in [0.15, 0.2) is 14.5 Å². The van der Waals surface area contributed by atoms with E-state index >= 15 is 0 Å². The van der Waals surface area contributed by atoms with Crippen LogP contribution in [0.25, 0.3) is 0 Å². The second-order valence-corrected chi connectivity index (χ2v) is 5.99. The fraction of sp³-hybridized carbons (Fsp3) is 0.556. The summed E-state index contributed by atoms with van der Waals surface area (Å²) >= 11 is 5.51. The van der Waals surface area contributed by atoms with Crippen LogP contribution in [-0.4, -0.2) is 25.6 Å². The van der Waals surface area contributed by atoms with Crippen molar-refractivity contribution in [3.63, 3.8) is 0 Å². The zero-order valence-electron chi connectivity index (χ0n) is 8.50. The van der Waals surface area contributed by atoms with Gasteiger partial charge >= 0.3 is 0 Å². The van der Waals surface area contributed by atoms with Crippen molar-refractivity contribution in [3.8, 4) is 0 Å². The lowest BCUT2D eigenvalue weighted by molar-refractivity contribution is 0.690. The lowest BCUT2D eigenvalue weighted by atomic mass is 10.3. The topological polar surface area (TPSA) is 38.0 Å². The maximum Gasteiger partial charge on any atom is 0.0652 e. The summed E-state index contributed by atoms with van der Waals surface area (Å²) in [5, 5.41) is 3.32. The van der Waals surface area contributed by atoms with Gasteiger partial charge in [-0.05, 0) is 24.1 Å². The molecular weight excluding hydrogens is 232 g/mol. The first-order chi connectivity index (χ1) is 6.81. The standard InChI is InChI=1S/C9H16N2S3/c1-12-8-5-7(6-11-4-3-10)9(13-2)14-8/h5,11H,3-4,6,10H2,1-2H3. The summed E-state index contributed by atoms with van der Waals surface area (Å²) in [5.74, 6) is 0. The summed E-state index contributed by atoms with van der Waals surface area (Å²) in [6, 6.07) is 2.27. The van der Waals surface area contributed by atoms with Crippen molar-refractivity contribution >= 4 is 34.9 Å². The van der Waals surface area contributed by atoms with Gasteiger partial charge in [-0.15, -0.1) is 34.9 Å². The van der Waals surface area contributed by atoms with Gasteiger partial charge in [-0.3, -0.25) is 0 Å². The minimum absolute atomic E-state index is 0.703. The molecule has 0 unspecified atom stereocenters. The summed E-state index contributed by atoms with van der Waals surface area (Å²) in [5.41, 5.74) is 6.83. The molecule has 0 atom stereocenters. The normalized spacial score (nSPS) is 10.8. The molecule has 0 bridgehead atoms. The molecule has 0 spiro atoms. The highest BCUT2D eigenvalue weighted by Gasteiger charge is 2.06. The molecule has 14 heavy (non-hydrogen) atoms. The first kappa shape index (κ1) is 12.4. The van der Waals surface area contributed by atoms with E-state index in [1.54, 1.807) is 0 Å². The smallest absolute Gasteiger partial charge is 0.0652 e. The quantitative estimate of drug-likeness (QED) is 0.598. The van der Waals surface area contributed by atoms with Crippen molar-refractivity contribution in [2.75, 3.05) is 25.6 Å². The minimum atomic E-state index is 0.703. The molecule has 2 nitrogen and oxygen atoms in total. The number of hydrogen-bond donors (Lipinski definition) is 2. The number of nitrogens with two attached hydrogens (primary N) is 1. The van der Waals surface area contributed by atoms with Gasteiger partial charge in [-0.2, -0.15) is 0 Å². The molecule has 0 saturated carbocycles. The third kappa shape index (κ3) is 3.47. The molecule has 0 radical (unpaired) electrons. The van der Waals surface area contributed by atoms with Gasteiger partial charge in [0.2, 0.25) is 0 Å². The Bertz CT molecular complexity index is 273. The lowest BCUT2D eigenvalue weighted by Crippen LogP contribution is -2.21. The molecule has 0 fully saturated rings. The van der Waals surface area contributed by atoms with Crippen LogP contribution in [0.4, 0.5) is 0 Å². The average molecular weight is 248 g/mol. The van der Waals surface area contributed by atoms with Gasteiger partial charge < -0.3 is 11.1 Å². The predicted molar refractivity (Wildman–Crippen MR) is 68.6 cm³/mol. The van der Waals surface area contributed by atoms with E-state index in [-0.39, 0.29) is 0 Å². The van der Waals surface area contributed by atoms with Crippen molar-refractivity contribution < 1.29 is 0 Å². The molecule has 0 amide bonds. The molecule has 0 aliphatic rings. The van der Waals surface area contributed by atoms with E-state index in [9.17, 15) is 0 Å². The van der Waals surface area contributed by atoms with Gasteiger partial charge in [0.15, 0.2) is 0 Å². The predicted octanol–water partition coefficient (Wildman–Crippen LogP) is 2.24. The highest BCUT2D eigenvalue weighted by atomic mass is 32.2. The molecule has 1 aromatic heterocycles. The van der Waals surface area contributed by atoms with Crippen molar-refractivity contribution in [2.24, 2.45) is 5.73 Å². The first-order valence-electron chi connectivity index (χ1n) is 4.43. The Morgan fingerprint density at radius 2 is 2.21 bits per heavy atom. The molecule has 1 heterocycles. The molecule has 80 valence electrons. The molecule has 0 aliphatic carbocycles. The van der Waals surface area contributed by atoms with Crippen LogP contribution in [0.2, 0.25) is 0 Å². The Morgan fingerprint density at radius 3 is 2.79 bits per heavy atom. The van der Waals surface area contributed by atoms with Gasteiger partial charge in [-0.1, -0.05) is 0 Å². The Morgan fingerprint density at radius 1 is 1.43 bits per heavy atom. The van der Waals surface area contributed by atoms with Crippen molar-refractivity contribution in [2.45, 2.75) is 15.0 Å². The Labute approximate surface area is 98.0 Å². The monoisotopic (exact) mass is 248 g/mol. The highest BCUT2D eigenvalue weighted by molar-refractivity contribution is 8.02. The molecule has 0 aliphatic heterocycles. The third-order valence-corrected chi connectivity index (χ3v) is 5.19. The first-order valence-corrected chi connectivity index (χ1v) is 7.70. The van der Waals surface area contributed by atoms with Gasteiger partial charge in [0, 0.05) is 19.6 Å². The van der Waals surface area contributed by atoms with Crippen LogP contribution in [0, 0.1) is 0 Å². The van der Waals surface area contributed by atoms with E-state index in [2.05, 4.69) is 23.9 Å². The van der Waals surface area contributed by atoms with Crippen LogP contribution in [0.1, 0.15) is 5.56 Å². The maximum atomic E-state index is 5.43. The summed E-state index contributed by atoms with van der Waals surface area (Å²) in [6.45, 7) is 2.52. The Hall–Kier alpha value is 0.320. The fourth-order valence-electron chi connectivity index (χ4n) is 1.11. The Balaban J connectivity index is 2.59. The van der Waals surface area contributed by atoms with Gasteiger partial charge in [0.05, 0.1) is 8.42 Å². The van der Waals surface area contributed by atoms with Crippen LogP contribution in [-0.2, 0) is 6.54 Å². The summed E-state index contributed by atoms with van der Waals surface area (Å²) in [7, 11) is 0. The number of thiophene rings is 1. The molecule has 1 aromatic rings. The molecule has 0 aromatic carbocycles. The van der Waals surface area contributed by atoms with E-state index in [1.807, 2.05) is 34.9 Å². The molecule has 1 rings (SSSR count). The van der Waals surface area contributed by atoms with E-state index in [4.69, 9.17) is 5.73 Å². The van der Waals surface area contributed by atoms with Gasteiger partial charge in [-0.25, -0.2) is 0 Å². The number of thioether (sulfide) groups is 2. The number of rotatable bonds is 6.